The molecule has 0 N–H and O–H groups in total. The monoisotopic (exact) mass is 468 g/mol. The Labute approximate surface area is 121 Å². The van der Waals surface area contributed by atoms with Crippen molar-refractivity contribution in [1.29, 1.82) is 0 Å². The van der Waals surface area contributed by atoms with Crippen LogP contribution in [0.2, 0.25) is 0 Å². The minimum atomic E-state index is -4.46. The molecule has 103 valence electrons. The number of nitrogens with zero attached hydrogens (tertiary/aromatic N) is 3. The topological polar surface area (TPSA) is 57.0 Å². The zero-order valence-corrected chi connectivity index (χ0v) is 12.1. The van der Waals surface area contributed by atoms with Gasteiger partial charge in [0.05, 0.1) is 0 Å². The van der Waals surface area contributed by atoms with E-state index in [4.69, 9.17) is 4.79 Å². The Balaban J connectivity index is 0.000000741. The van der Waals surface area contributed by atoms with Crippen molar-refractivity contribution in [3.8, 4) is 11.4 Å². The first-order chi connectivity index (χ1) is 9.07. The summed E-state index contributed by atoms with van der Waals surface area (Å²) >= 11 is 1.47. The van der Waals surface area contributed by atoms with E-state index in [9.17, 15) is 13.2 Å². The van der Waals surface area contributed by atoms with Crippen LogP contribution in [0.25, 0.3) is 11.4 Å². The Morgan fingerprint density at radius 1 is 1.26 bits per heavy atom. The van der Waals surface area contributed by atoms with E-state index in [2.05, 4.69) is 31.6 Å². The van der Waals surface area contributed by atoms with E-state index >= 15 is 0 Å². The fourth-order valence-corrected chi connectivity index (χ4v) is 1.07. The first-order valence-electron chi connectivity index (χ1n) is 4.39. The van der Waals surface area contributed by atoms with E-state index in [1.165, 1.54) is 24.1 Å². The van der Waals surface area contributed by atoms with Crippen LogP contribution in [0, 0.1) is 0 Å². The van der Waals surface area contributed by atoms with Gasteiger partial charge in [0.25, 0.3) is 0 Å². The second kappa shape index (κ2) is 8.79. The predicted octanol–water partition coefficient (Wildman–Crippen LogP) is 2.41. The van der Waals surface area contributed by atoms with E-state index in [1.807, 2.05) is 0 Å². The van der Waals surface area contributed by atoms with E-state index in [-0.39, 0.29) is 5.69 Å². The summed E-state index contributed by atoms with van der Waals surface area (Å²) in [4.78, 5) is 11.4. The maximum atomic E-state index is 12.2. The van der Waals surface area contributed by atoms with Gasteiger partial charge in [0.15, 0.2) is 0 Å². The fraction of sp³-hybridized carbons (Fsp3) is 0.100. The zero-order chi connectivity index (χ0) is 14.9. The van der Waals surface area contributed by atoms with Crippen molar-refractivity contribution < 1.29 is 35.9 Å². The number of hydrogen-bond donors (Lipinski definition) is 0. The molecule has 0 atom stereocenters. The average molecular weight is 468 g/mol. The summed E-state index contributed by atoms with van der Waals surface area (Å²) in [5.74, 6) is 0. The second-order valence-corrected chi connectivity index (χ2v) is 2.83. The SMILES string of the molecule is FC(F)(F)c1cc(-c2ccccn2)[n-]n1.[C-]=O.[Cl][Ir+2]. The predicted molar refractivity (Wildman–Crippen MR) is 57.3 cm³/mol. The number of pyridine rings is 1. The Kier molecular flexibility index (Phi) is 8.22. The van der Waals surface area contributed by atoms with Gasteiger partial charge >= 0.3 is 33.6 Å². The van der Waals surface area contributed by atoms with E-state index in [0.29, 0.717) is 5.69 Å². The molecule has 1 radical (unpaired) electrons. The molecule has 4 nitrogen and oxygen atoms in total. The Bertz CT molecular complexity index is 478. The Morgan fingerprint density at radius 2 is 1.89 bits per heavy atom. The van der Waals surface area contributed by atoms with Crippen LogP contribution in [-0.2, 0) is 28.9 Å². The standard InChI is InChI=1S/C9H5F3N3.CO.ClH.Ir/c10-9(11,12)8-5-7(14-15-8)6-3-1-2-4-13-6;1-2;;/h1-5H;;1H;/q2*-1;;+3/p-1. The quantitative estimate of drug-likeness (QED) is 0.605. The van der Waals surface area contributed by atoms with Crippen LogP contribution in [0.5, 0.6) is 0 Å². The molecule has 0 saturated heterocycles. The molecule has 0 unspecified atom stereocenters. The minimum absolute atomic E-state index is 0.128. The van der Waals surface area contributed by atoms with E-state index in [1.54, 1.807) is 18.2 Å². The van der Waals surface area contributed by atoms with Crippen molar-refractivity contribution >= 4 is 16.4 Å². The molecule has 0 aliphatic carbocycles. The van der Waals surface area contributed by atoms with Crippen LogP contribution in [-0.4, -0.2) is 16.9 Å². The summed E-state index contributed by atoms with van der Waals surface area (Å²) in [6.07, 6.45) is -2.97. The van der Waals surface area contributed by atoms with Crippen molar-refractivity contribution in [2.45, 2.75) is 6.18 Å². The Morgan fingerprint density at radius 3 is 2.32 bits per heavy atom. The van der Waals surface area contributed by atoms with Gasteiger partial charge in [-0.1, -0.05) is 11.8 Å². The molecule has 0 saturated carbocycles. The molecule has 0 fully saturated rings. The molecule has 0 bridgehead atoms. The van der Waals surface area contributed by atoms with Gasteiger partial charge in [-0.05, 0) is 18.2 Å². The van der Waals surface area contributed by atoms with Crippen LogP contribution >= 0.6 is 9.58 Å². The van der Waals surface area contributed by atoms with E-state index in [0.717, 1.165) is 6.07 Å². The van der Waals surface area contributed by atoms with Crippen LogP contribution in [0.4, 0.5) is 13.2 Å². The molecule has 0 aliphatic heterocycles. The van der Waals surface area contributed by atoms with Crippen molar-refractivity contribution in [1.82, 2.24) is 15.2 Å². The van der Waals surface area contributed by atoms with Crippen LogP contribution in [0.3, 0.4) is 0 Å². The summed E-state index contributed by atoms with van der Waals surface area (Å²) in [6, 6.07) is 5.79. The van der Waals surface area contributed by atoms with Crippen LogP contribution in [0.15, 0.2) is 30.5 Å². The van der Waals surface area contributed by atoms with Gasteiger partial charge in [-0.2, -0.15) is 13.2 Å². The third kappa shape index (κ3) is 5.50. The first-order valence-corrected chi connectivity index (χ1v) is 7.36. The van der Waals surface area contributed by atoms with Crippen LogP contribution in [0.1, 0.15) is 5.69 Å². The summed E-state index contributed by atoms with van der Waals surface area (Å²) in [6.45, 7) is 4.50. The summed E-state index contributed by atoms with van der Waals surface area (Å²) in [5.41, 5.74) is -0.494. The number of aromatic nitrogens is 3. The molecule has 2 rings (SSSR count). The molecule has 0 aliphatic rings. The summed E-state index contributed by atoms with van der Waals surface area (Å²) in [7, 11) is 4.64. The fourth-order valence-electron chi connectivity index (χ4n) is 1.07. The molecule has 0 aromatic carbocycles. The zero-order valence-electron chi connectivity index (χ0n) is 8.98. The van der Waals surface area contributed by atoms with Gasteiger partial charge in [-0.3, -0.25) is 4.98 Å². The number of rotatable bonds is 1. The van der Waals surface area contributed by atoms with Crippen molar-refractivity contribution in [2.75, 3.05) is 0 Å². The molecular weight excluding hydrogens is 463 g/mol. The van der Waals surface area contributed by atoms with Gasteiger partial charge in [-0.25, -0.2) is 0 Å². The summed E-state index contributed by atoms with van der Waals surface area (Å²) in [5, 5.41) is 6.47. The number of alkyl halides is 3. The molecule has 2 heterocycles. The molecule has 2 aromatic rings. The normalized spacial score (nSPS) is 9.74. The molecule has 2 aromatic heterocycles. The van der Waals surface area contributed by atoms with Gasteiger partial charge in [0.2, 0.25) is 0 Å². The number of hydrogen-bond acceptors (Lipinski definition) is 3. The molecule has 0 spiro atoms. The van der Waals surface area contributed by atoms with Gasteiger partial charge in [0, 0.05) is 11.9 Å². The van der Waals surface area contributed by atoms with E-state index < -0.39 is 11.9 Å². The molecular formula is C10H5ClF3IrN3O. The maximum absolute atomic E-state index is 12.2. The van der Waals surface area contributed by atoms with Crippen molar-refractivity contribution in [2.24, 2.45) is 0 Å². The third-order valence-electron chi connectivity index (χ3n) is 1.76. The molecule has 19 heavy (non-hydrogen) atoms. The van der Waals surface area contributed by atoms with Crippen molar-refractivity contribution in [3.63, 3.8) is 0 Å². The van der Waals surface area contributed by atoms with Gasteiger partial charge < -0.3 is 21.8 Å². The molecule has 0 amide bonds. The van der Waals surface area contributed by atoms with Gasteiger partial charge in [-0.15, -0.1) is 0 Å². The third-order valence-corrected chi connectivity index (χ3v) is 1.76. The van der Waals surface area contributed by atoms with Crippen LogP contribution < -0.4 is 5.10 Å². The Hall–Kier alpha value is -1.24. The van der Waals surface area contributed by atoms with Crippen molar-refractivity contribution in [3.05, 3.63) is 36.2 Å². The second-order valence-electron chi connectivity index (χ2n) is 2.83. The first kappa shape index (κ1) is 17.8. The average Bonchev–Trinajstić information content (AvgIpc) is 2.94. The summed E-state index contributed by atoms with van der Waals surface area (Å²) < 4.78 is 36.6. The number of halogens is 4. The molecule has 9 heteroatoms. The number of carbonyl (C=O) groups excluding carboxylic acids is 1. The van der Waals surface area contributed by atoms with Gasteiger partial charge in [0.1, 0.15) is 5.69 Å².